The molecule has 31 heavy (non-hydrogen) atoms. The lowest BCUT2D eigenvalue weighted by Gasteiger charge is -2.29. The predicted octanol–water partition coefficient (Wildman–Crippen LogP) is 5.46. The summed E-state index contributed by atoms with van der Waals surface area (Å²) in [6.07, 6.45) is 0.927. The maximum atomic E-state index is 12.7. The van der Waals surface area contributed by atoms with Crippen molar-refractivity contribution in [1.29, 1.82) is 5.26 Å². The summed E-state index contributed by atoms with van der Waals surface area (Å²) in [5, 5.41) is 13.9. The Morgan fingerprint density at radius 3 is 2.42 bits per heavy atom. The molecule has 158 valence electrons. The first kappa shape index (κ1) is 22.6. The Kier molecular flexibility index (Phi) is 7.14. The van der Waals surface area contributed by atoms with Gasteiger partial charge in [0.1, 0.15) is 0 Å². The van der Waals surface area contributed by atoms with Gasteiger partial charge >= 0.3 is 0 Å². The number of ketones is 2. The van der Waals surface area contributed by atoms with Crippen molar-refractivity contribution < 1.29 is 9.59 Å². The van der Waals surface area contributed by atoms with Crippen LogP contribution in [0, 0.1) is 18.3 Å². The van der Waals surface area contributed by atoms with Crippen molar-refractivity contribution in [3.05, 3.63) is 92.7 Å². The molecule has 3 rings (SSSR count). The third kappa shape index (κ3) is 4.98. The van der Waals surface area contributed by atoms with Gasteiger partial charge in [0.25, 0.3) is 0 Å². The number of hydrogen-bond acceptors (Lipinski definition) is 5. The van der Waals surface area contributed by atoms with E-state index in [0.29, 0.717) is 21.7 Å². The number of hydrogen-bond donors (Lipinski definition) is 1. The van der Waals surface area contributed by atoms with E-state index in [1.165, 1.54) is 24.2 Å². The molecule has 0 amide bonds. The normalized spacial score (nSPS) is 16.0. The lowest BCUT2D eigenvalue weighted by atomic mass is 9.80. The Morgan fingerprint density at radius 2 is 1.84 bits per heavy atom. The highest BCUT2D eigenvalue weighted by atomic mass is 32.2. The number of carbonyl (C=O) groups is 2. The summed E-state index contributed by atoms with van der Waals surface area (Å²) < 4.78 is 0. The average Bonchev–Trinajstić information content (AvgIpc) is 2.76. The summed E-state index contributed by atoms with van der Waals surface area (Å²) in [5.74, 6) is -0.293. The van der Waals surface area contributed by atoms with Gasteiger partial charge in [0.05, 0.1) is 28.3 Å². The van der Waals surface area contributed by atoms with Gasteiger partial charge in [0, 0.05) is 16.8 Å². The van der Waals surface area contributed by atoms with Crippen LogP contribution in [-0.4, -0.2) is 17.3 Å². The van der Waals surface area contributed by atoms with E-state index in [9.17, 15) is 14.9 Å². The van der Waals surface area contributed by atoms with E-state index in [2.05, 4.69) is 18.3 Å². The Labute approximate surface area is 188 Å². The predicted molar refractivity (Wildman–Crippen MR) is 126 cm³/mol. The lowest BCUT2D eigenvalue weighted by molar-refractivity contribution is -0.113. The Bertz CT molecular complexity index is 1120. The van der Waals surface area contributed by atoms with Crippen LogP contribution in [0.2, 0.25) is 0 Å². The van der Waals surface area contributed by atoms with Crippen LogP contribution in [-0.2, 0) is 11.2 Å². The van der Waals surface area contributed by atoms with Gasteiger partial charge in [0.15, 0.2) is 11.6 Å². The van der Waals surface area contributed by atoms with E-state index in [1.807, 2.05) is 62.4 Å². The first-order valence-corrected chi connectivity index (χ1v) is 11.3. The van der Waals surface area contributed by atoms with Crippen LogP contribution in [0.5, 0.6) is 0 Å². The lowest BCUT2D eigenvalue weighted by Crippen LogP contribution is -2.27. The molecule has 1 atom stereocenters. The molecule has 0 aliphatic carbocycles. The van der Waals surface area contributed by atoms with E-state index in [-0.39, 0.29) is 17.3 Å². The van der Waals surface area contributed by atoms with Crippen molar-refractivity contribution in [2.24, 2.45) is 0 Å². The number of Topliss-reactive ketones (excluding diaryl/α,β-unsaturated/α-hetero) is 2. The average molecular weight is 431 g/mol. The van der Waals surface area contributed by atoms with Crippen molar-refractivity contribution in [1.82, 2.24) is 5.32 Å². The smallest absolute Gasteiger partial charge is 0.173 e. The summed E-state index contributed by atoms with van der Waals surface area (Å²) in [5.41, 5.74) is 5.60. The molecule has 2 aromatic carbocycles. The van der Waals surface area contributed by atoms with Crippen molar-refractivity contribution in [3.8, 4) is 6.07 Å². The summed E-state index contributed by atoms with van der Waals surface area (Å²) in [6, 6.07) is 17.8. The fourth-order valence-electron chi connectivity index (χ4n) is 3.82. The maximum absolute atomic E-state index is 12.7. The van der Waals surface area contributed by atoms with E-state index in [4.69, 9.17) is 0 Å². The van der Waals surface area contributed by atoms with Gasteiger partial charge in [0.2, 0.25) is 0 Å². The molecule has 0 aromatic heterocycles. The number of thioether (sulfide) groups is 1. The second kappa shape index (κ2) is 9.80. The zero-order valence-electron chi connectivity index (χ0n) is 18.3. The molecule has 0 fully saturated rings. The van der Waals surface area contributed by atoms with Crippen molar-refractivity contribution in [2.75, 3.05) is 5.75 Å². The summed E-state index contributed by atoms with van der Waals surface area (Å²) in [4.78, 5) is 25.2. The van der Waals surface area contributed by atoms with Gasteiger partial charge in [-0.2, -0.15) is 5.26 Å². The second-order valence-electron chi connectivity index (χ2n) is 7.68. The molecule has 1 aliphatic rings. The number of nitrogens with zero attached hydrogens (tertiary/aromatic N) is 1. The molecule has 0 unspecified atom stereocenters. The standard InChI is InChI=1S/C26H26N2O2S/c1-5-19-9-11-20(12-10-19)23(30)15-31-26-22(14-27)25(21-8-6-7-16(2)13-21)24(18(4)29)17(3)28-26/h6-13,25,28H,5,15H2,1-4H3/t25-/m1/s1. The fraction of sp³-hybridized carbons (Fsp3) is 0.269. The number of aryl methyl sites for hydroxylation is 2. The minimum Gasteiger partial charge on any atom is -0.353 e. The third-order valence-corrected chi connectivity index (χ3v) is 6.45. The Morgan fingerprint density at radius 1 is 1.13 bits per heavy atom. The highest BCUT2D eigenvalue weighted by Gasteiger charge is 2.33. The van der Waals surface area contributed by atoms with Gasteiger partial charge in [-0.15, -0.1) is 0 Å². The largest absolute Gasteiger partial charge is 0.353 e. The maximum Gasteiger partial charge on any atom is 0.173 e. The summed E-state index contributed by atoms with van der Waals surface area (Å²) in [7, 11) is 0. The van der Waals surface area contributed by atoms with E-state index in [1.54, 1.807) is 0 Å². The minimum absolute atomic E-state index is 0.00495. The van der Waals surface area contributed by atoms with Crippen LogP contribution < -0.4 is 5.32 Å². The van der Waals surface area contributed by atoms with Crippen molar-refractivity contribution >= 4 is 23.3 Å². The molecular formula is C26H26N2O2S. The second-order valence-corrected chi connectivity index (χ2v) is 8.67. The van der Waals surface area contributed by atoms with Crippen LogP contribution in [0.1, 0.15) is 53.7 Å². The first-order valence-electron chi connectivity index (χ1n) is 10.3. The van der Waals surface area contributed by atoms with E-state index < -0.39 is 5.92 Å². The number of nitriles is 1. The quantitative estimate of drug-likeness (QED) is 0.591. The molecular weight excluding hydrogens is 404 g/mol. The monoisotopic (exact) mass is 430 g/mol. The molecule has 1 aliphatic heterocycles. The molecule has 0 saturated heterocycles. The molecule has 0 bridgehead atoms. The Hall–Kier alpha value is -3.10. The molecule has 0 spiro atoms. The van der Waals surface area contributed by atoms with Crippen molar-refractivity contribution in [3.63, 3.8) is 0 Å². The third-order valence-electron chi connectivity index (χ3n) is 5.43. The number of allylic oxidation sites excluding steroid dienone is 3. The zero-order chi connectivity index (χ0) is 22.5. The van der Waals surface area contributed by atoms with E-state index >= 15 is 0 Å². The van der Waals surface area contributed by atoms with Crippen LogP contribution in [0.25, 0.3) is 0 Å². The highest BCUT2D eigenvalue weighted by molar-refractivity contribution is 8.03. The van der Waals surface area contributed by atoms with Gasteiger partial charge in [-0.1, -0.05) is 72.8 Å². The number of dihydropyridines is 1. The molecule has 1 N–H and O–H groups in total. The summed E-state index contributed by atoms with van der Waals surface area (Å²) in [6.45, 7) is 7.44. The van der Waals surface area contributed by atoms with Crippen molar-refractivity contribution in [2.45, 2.75) is 40.0 Å². The summed E-state index contributed by atoms with van der Waals surface area (Å²) >= 11 is 1.31. The molecule has 4 nitrogen and oxygen atoms in total. The number of carbonyl (C=O) groups excluding carboxylic acids is 2. The van der Waals surface area contributed by atoms with Crippen LogP contribution in [0.15, 0.2) is 70.4 Å². The highest BCUT2D eigenvalue weighted by Crippen LogP contribution is 2.41. The zero-order valence-corrected chi connectivity index (χ0v) is 19.1. The number of benzene rings is 2. The van der Waals surface area contributed by atoms with Gasteiger partial charge in [-0.3, -0.25) is 9.59 Å². The SMILES string of the molecule is CCc1ccc(C(=O)CSC2=C(C#N)[C@@H](c3cccc(C)c3)C(C(C)=O)=C(C)N2)cc1. The van der Waals surface area contributed by atoms with Crippen LogP contribution in [0.4, 0.5) is 0 Å². The number of rotatable bonds is 7. The molecule has 0 saturated carbocycles. The minimum atomic E-state index is -0.440. The fourth-order valence-corrected chi connectivity index (χ4v) is 4.81. The molecule has 0 radical (unpaired) electrons. The van der Waals surface area contributed by atoms with E-state index in [0.717, 1.165) is 23.2 Å². The first-order chi connectivity index (χ1) is 14.8. The van der Waals surface area contributed by atoms with Crippen LogP contribution >= 0.6 is 11.8 Å². The van der Waals surface area contributed by atoms with Crippen LogP contribution in [0.3, 0.4) is 0 Å². The molecule has 2 aromatic rings. The number of nitrogens with one attached hydrogen (secondary N) is 1. The molecule has 1 heterocycles. The van der Waals surface area contributed by atoms with Gasteiger partial charge < -0.3 is 5.32 Å². The molecule has 5 heteroatoms. The van der Waals surface area contributed by atoms with Gasteiger partial charge in [-0.05, 0) is 38.3 Å². The Balaban J connectivity index is 1.92. The van der Waals surface area contributed by atoms with Gasteiger partial charge in [-0.25, -0.2) is 0 Å². The topological polar surface area (TPSA) is 70.0 Å².